The largest absolute Gasteiger partial charge is 0.444 e. The van der Waals surface area contributed by atoms with Gasteiger partial charge in [-0.05, 0) is 51.0 Å². The maximum atomic E-state index is 12.8. The van der Waals surface area contributed by atoms with Crippen LogP contribution in [0.15, 0.2) is 59.1 Å². The Labute approximate surface area is 168 Å². The highest BCUT2D eigenvalue weighted by Gasteiger charge is 2.22. The molecule has 144 valence electrons. The van der Waals surface area contributed by atoms with Crippen LogP contribution in [-0.4, -0.2) is 24.1 Å². The fourth-order valence-electron chi connectivity index (χ4n) is 2.49. The van der Waals surface area contributed by atoms with Crippen LogP contribution in [0, 0.1) is 5.92 Å². The second-order valence-electron chi connectivity index (χ2n) is 7.27. The third kappa shape index (κ3) is 7.83. The van der Waals surface area contributed by atoms with E-state index in [1.165, 1.54) is 0 Å². The highest BCUT2D eigenvalue weighted by molar-refractivity contribution is 9.10. The van der Waals surface area contributed by atoms with E-state index in [9.17, 15) is 9.59 Å². The minimum atomic E-state index is -0.586. The fraction of sp³-hybridized carbons (Fsp3) is 0.333. The van der Waals surface area contributed by atoms with Crippen molar-refractivity contribution in [3.63, 3.8) is 0 Å². The molecule has 0 radical (unpaired) electrons. The lowest BCUT2D eigenvalue weighted by Crippen LogP contribution is -2.39. The predicted molar refractivity (Wildman–Crippen MR) is 111 cm³/mol. The molecular formula is C21H25BrN2O3. The van der Waals surface area contributed by atoms with E-state index < -0.39 is 17.6 Å². The van der Waals surface area contributed by atoms with Gasteiger partial charge < -0.3 is 15.4 Å². The Morgan fingerprint density at radius 3 is 2.41 bits per heavy atom. The Hall–Kier alpha value is -2.34. The van der Waals surface area contributed by atoms with Crippen molar-refractivity contribution in [1.82, 2.24) is 5.32 Å². The zero-order chi connectivity index (χ0) is 19.9. The summed E-state index contributed by atoms with van der Waals surface area (Å²) >= 11 is 3.40. The average Bonchev–Trinajstić information content (AvgIpc) is 2.58. The molecule has 1 unspecified atom stereocenters. The van der Waals surface area contributed by atoms with Gasteiger partial charge in [0.2, 0.25) is 5.91 Å². The number of carbonyl (C=O) groups is 2. The smallest absolute Gasteiger partial charge is 0.407 e. The molecule has 0 spiro atoms. The Morgan fingerprint density at radius 2 is 1.78 bits per heavy atom. The second-order valence-corrected chi connectivity index (χ2v) is 8.18. The van der Waals surface area contributed by atoms with Crippen molar-refractivity contribution < 1.29 is 14.3 Å². The van der Waals surface area contributed by atoms with E-state index in [2.05, 4.69) is 26.6 Å². The first-order valence-electron chi connectivity index (χ1n) is 8.80. The van der Waals surface area contributed by atoms with Crippen molar-refractivity contribution in [2.24, 2.45) is 5.92 Å². The monoisotopic (exact) mass is 432 g/mol. The molecule has 0 aliphatic carbocycles. The predicted octanol–water partition coefficient (Wildman–Crippen LogP) is 4.77. The van der Waals surface area contributed by atoms with E-state index in [0.717, 1.165) is 10.0 Å². The Balaban J connectivity index is 2.06. The average molecular weight is 433 g/mol. The second kappa shape index (κ2) is 9.55. The zero-order valence-corrected chi connectivity index (χ0v) is 17.4. The molecule has 27 heavy (non-hydrogen) atoms. The van der Waals surface area contributed by atoms with Gasteiger partial charge in [-0.25, -0.2) is 4.79 Å². The topological polar surface area (TPSA) is 67.4 Å². The number of hydrogen-bond donors (Lipinski definition) is 2. The normalized spacial score (nSPS) is 12.1. The van der Waals surface area contributed by atoms with Gasteiger partial charge in [0.1, 0.15) is 5.60 Å². The third-order valence-electron chi connectivity index (χ3n) is 3.68. The van der Waals surface area contributed by atoms with Gasteiger partial charge in [0.05, 0.1) is 5.92 Å². The molecule has 0 aliphatic heterocycles. The van der Waals surface area contributed by atoms with Crippen LogP contribution in [0.2, 0.25) is 0 Å². The number of rotatable bonds is 6. The number of anilines is 1. The molecule has 1 atom stereocenters. The first kappa shape index (κ1) is 21.0. The highest BCUT2D eigenvalue weighted by Crippen LogP contribution is 2.18. The minimum Gasteiger partial charge on any atom is -0.444 e. The van der Waals surface area contributed by atoms with E-state index in [0.29, 0.717) is 12.1 Å². The highest BCUT2D eigenvalue weighted by atomic mass is 79.9. The first-order valence-corrected chi connectivity index (χ1v) is 9.59. The maximum Gasteiger partial charge on any atom is 0.407 e. The van der Waals surface area contributed by atoms with Crippen molar-refractivity contribution in [2.75, 3.05) is 11.9 Å². The molecule has 0 heterocycles. The summed E-state index contributed by atoms with van der Waals surface area (Å²) in [4.78, 5) is 24.8. The molecule has 2 amide bonds. The molecule has 0 aliphatic rings. The first-order chi connectivity index (χ1) is 12.7. The van der Waals surface area contributed by atoms with E-state index in [1.807, 2.05) is 54.6 Å². The van der Waals surface area contributed by atoms with Crippen LogP contribution in [0.5, 0.6) is 0 Å². The molecule has 2 aromatic rings. The summed E-state index contributed by atoms with van der Waals surface area (Å²) < 4.78 is 6.15. The number of nitrogens with one attached hydrogen (secondary N) is 2. The Bertz CT molecular complexity index is 772. The summed E-state index contributed by atoms with van der Waals surface area (Å²) in [7, 11) is 0. The van der Waals surface area contributed by atoms with E-state index in [1.54, 1.807) is 20.8 Å². The van der Waals surface area contributed by atoms with Gasteiger partial charge in [-0.15, -0.1) is 0 Å². The lowest BCUT2D eigenvalue weighted by Gasteiger charge is -2.22. The van der Waals surface area contributed by atoms with Gasteiger partial charge in [-0.1, -0.05) is 52.3 Å². The van der Waals surface area contributed by atoms with Crippen LogP contribution in [0.4, 0.5) is 10.5 Å². The van der Waals surface area contributed by atoms with E-state index in [-0.39, 0.29) is 12.5 Å². The Kier molecular flexibility index (Phi) is 7.42. The van der Waals surface area contributed by atoms with Gasteiger partial charge >= 0.3 is 6.09 Å². The van der Waals surface area contributed by atoms with Crippen LogP contribution >= 0.6 is 15.9 Å². The molecule has 0 saturated heterocycles. The fourth-order valence-corrected chi connectivity index (χ4v) is 2.89. The molecule has 2 rings (SSSR count). The summed E-state index contributed by atoms with van der Waals surface area (Å²) in [6, 6.07) is 17.1. The summed E-state index contributed by atoms with van der Waals surface area (Å²) in [5, 5.41) is 5.62. The van der Waals surface area contributed by atoms with Crippen molar-refractivity contribution >= 4 is 33.6 Å². The number of halogens is 1. The Morgan fingerprint density at radius 1 is 1.07 bits per heavy atom. The van der Waals surface area contributed by atoms with Crippen LogP contribution in [0.3, 0.4) is 0 Å². The standard InChI is InChI=1S/C21H25BrN2O3/c1-21(2,3)27-20(26)23-14-16(12-15-8-5-4-6-9-15)19(25)24-18-11-7-10-17(22)13-18/h4-11,13,16H,12,14H2,1-3H3,(H,23,26)(H,24,25). The molecule has 0 bridgehead atoms. The number of amides is 2. The van der Waals surface area contributed by atoms with Crippen LogP contribution in [0.1, 0.15) is 26.3 Å². The quantitative estimate of drug-likeness (QED) is 0.690. The lowest BCUT2D eigenvalue weighted by molar-refractivity contribution is -0.119. The van der Waals surface area contributed by atoms with Gasteiger partial charge in [0.15, 0.2) is 0 Å². The van der Waals surface area contributed by atoms with E-state index in [4.69, 9.17) is 4.74 Å². The number of carbonyl (C=O) groups excluding carboxylic acids is 2. The number of alkyl carbamates (subject to hydrolysis) is 1. The molecule has 0 fully saturated rings. The number of hydrogen-bond acceptors (Lipinski definition) is 3. The van der Waals surface area contributed by atoms with Gasteiger partial charge in [-0.3, -0.25) is 4.79 Å². The van der Waals surface area contributed by atoms with Crippen LogP contribution < -0.4 is 10.6 Å². The number of ether oxygens (including phenoxy) is 1. The SMILES string of the molecule is CC(C)(C)OC(=O)NCC(Cc1ccccc1)C(=O)Nc1cccc(Br)c1. The maximum absolute atomic E-state index is 12.8. The van der Waals surface area contributed by atoms with Gasteiger partial charge in [0, 0.05) is 16.7 Å². The lowest BCUT2D eigenvalue weighted by atomic mass is 9.98. The molecule has 0 saturated carbocycles. The molecule has 5 nitrogen and oxygen atoms in total. The van der Waals surface area contributed by atoms with Crippen molar-refractivity contribution in [2.45, 2.75) is 32.8 Å². The van der Waals surface area contributed by atoms with Crippen molar-refractivity contribution in [3.05, 3.63) is 64.6 Å². The minimum absolute atomic E-state index is 0.159. The molecule has 6 heteroatoms. The van der Waals surface area contributed by atoms with Crippen LogP contribution in [0.25, 0.3) is 0 Å². The number of benzene rings is 2. The van der Waals surface area contributed by atoms with Crippen molar-refractivity contribution in [3.8, 4) is 0 Å². The summed E-state index contributed by atoms with van der Waals surface area (Å²) in [6.45, 7) is 5.58. The molecule has 0 aromatic heterocycles. The summed E-state index contributed by atoms with van der Waals surface area (Å²) in [6.07, 6.45) is -0.0213. The summed E-state index contributed by atoms with van der Waals surface area (Å²) in [5.74, 6) is -0.591. The van der Waals surface area contributed by atoms with Gasteiger partial charge in [0.25, 0.3) is 0 Å². The molecular weight excluding hydrogens is 408 g/mol. The molecule has 2 aromatic carbocycles. The van der Waals surface area contributed by atoms with Crippen molar-refractivity contribution in [1.29, 1.82) is 0 Å². The summed E-state index contributed by atoms with van der Waals surface area (Å²) in [5.41, 5.74) is 1.14. The third-order valence-corrected chi connectivity index (χ3v) is 4.17. The van der Waals surface area contributed by atoms with Gasteiger partial charge in [-0.2, -0.15) is 0 Å². The zero-order valence-electron chi connectivity index (χ0n) is 15.8. The molecule has 2 N–H and O–H groups in total. The van der Waals surface area contributed by atoms with Crippen LogP contribution in [-0.2, 0) is 16.0 Å². The van der Waals surface area contributed by atoms with E-state index >= 15 is 0 Å².